The second-order valence-corrected chi connectivity index (χ2v) is 2.26. The Morgan fingerprint density at radius 3 is 2.22 bits per heavy atom. The molecule has 0 aromatic carbocycles. The van der Waals surface area contributed by atoms with Crippen LogP contribution in [0.3, 0.4) is 0 Å². The average molecular weight is 125 g/mol. The van der Waals surface area contributed by atoms with Gasteiger partial charge in [-0.1, -0.05) is 26.2 Å². The Morgan fingerprint density at radius 2 is 2.11 bits per heavy atom. The molecule has 0 aliphatic heterocycles. The summed E-state index contributed by atoms with van der Waals surface area (Å²) in [6.45, 7) is 3.84. The van der Waals surface area contributed by atoms with E-state index >= 15 is 0 Å². The van der Waals surface area contributed by atoms with E-state index < -0.39 is 5.60 Å². The largest absolute Gasteiger partial charge is 0.378 e. The van der Waals surface area contributed by atoms with E-state index in [2.05, 4.69) is 5.92 Å². The number of hydrogen-bond donors (Lipinski definition) is 1. The van der Waals surface area contributed by atoms with Crippen LogP contribution >= 0.6 is 0 Å². The van der Waals surface area contributed by atoms with Crippen LogP contribution in [0.25, 0.3) is 0 Å². The lowest BCUT2D eigenvalue weighted by molar-refractivity contribution is 0.0866. The zero-order chi connectivity index (χ0) is 7.33. The standard InChI is InChI=1S/C8H13O/c1-4-7-8(9,5-2)6-3/h9H,4-5,7H2,1-2H3. The van der Waals surface area contributed by atoms with Gasteiger partial charge in [0.05, 0.1) is 0 Å². The van der Waals surface area contributed by atoms with Gasteiger partial charge in [0.15, 0.2) is 0 Å². The Kier molecular flexibility index (Phi) is 3.34. The van der Waals surface area contributed by atoms with E-state index in [4.69, 9.17) is 6.42 Å². The van der Waals surface area contributed by atoms with Gasteiger partial charge in [0, 0.05) is 0 Å². The summed E-state index contributed by atoms with van der Waals surface area (Å²) >= 11 is 0. The molecule has 0 saturated heterocycles. The van der Waals surface area contributed by atoms with Gasteiger partial charge in [-0.25, -0.2) is 0 Å². The second-order valence-electron chi connectivity index (χ2n) is 2.26. The zero-order valence-corrected chi connectivity index (χ0v) is 6.07. The van der Waals surface area contributed by atoms with Gasteiger partial charge < -0.3 is 5.11 Å². The van der Waals surface area contributed by atoms with Gasteiger partial charge in [-0.3, -0.25) is 0 Å². The van der Waals surface area contributed by atoms with Gasteiger partial charge in [-0.05, 0) is 19.3 Å². The summed E-state index contributed by atoms with van der Waals surface area (Å²) in [6.07, 6.45) is 8.89. The lowest BCUT2D eigenvalue weighted by Crippen LogP contribution is -2.24. The summed E-state index contributed by atoms with van der Waals surface area (Å²) < 4.78 is 0. The Balaban J connectivity index is 3.81. The summed E-state index contributed by atoms with van der Waals surface area (Å²) in [5.41, 5.74) is -0.950. The predicted molar refractivity (Wildman–Crippen MR) is 37.3 cm³/mol. The fourth-order valence-electron chi connectivity index (χ4n) is 0.741. The minimum absolute atomic E-state index is 0.588. The molecular weight excluding hydrogens is 112 g/mol. The van der Waals surface area contributed by atoms with Crippen molar-refractivity contribution in [3.05, 3.63) is 6.42 Å². The van der Waals surface area contributed by atoms with Crippen molar-refractivity contribution >= 4 is 0 Å². The summed E-state index contributed by atoms with van der Waals surface area (Å²) in [7, 11) is 0. The number of aliphatic hydroxyl groups is 1. The highest BCUT2D eigenvalue weighted by molar-refractivity contribution is 5.01. The van der Waals surface area contributed by atoms with E-state index in [9.17, 15) is 5.11 Å². The molecule has 0 aliphatic rings. The fourth-order valence-corrected chi connectivity index (χ4v) is 0.741. The second kappa shape index (κ2) is 3.53. The van der Waals surface area contributed by atoms with E-state index in [1.165, 1.54) is 0 Å². The summed E-state index contributed by atoms with van der Waals surface area (Å²) in [5, 5.41) is 9.33. The molecule has 1 atom stereocenters. The predicted octanol–water partition coefficient (Wildman–Crippen LogP) is 1.52. The lowest BCUT2D eigenvalue weighted by atomic mass is 9.96. The molecule has 1 radical (unpaired) electrons. The third kappa shape index (κ3) is 2.53. The first-order valence-corrected chi connectivity index (χ1v) is 3.34. The van der Waals surface area contributed by atoms with Gasteiger partial charge >= 0.3 is 0 Å². The van der Waals surface area contributed by atoms with Crippen molar-refractivity contribution < 1.29 is 5.11 Å². The quantitative estimate of drug-likeness (QED) is 0.567. The molecule has 0 aliphatic carbocycles. The molecule has 0 fully saturated rings. The van der Waals surface area contributed by atoms with E-state index in [1.807, 2.05) is 13.8 Å². The Hall–Kier alpha value is -0.480. The summed E-state index contributed by atoms with van der Waals surface area (Å²) in [4.78, 5) is 0. The molecule has 1 unspecified atom stereocenters. The van der Waals surface area contributed by atoms with Crippen molar-refractivity contribution in [3.63, 3.8) is 0 Å². The third-order valence-corrected chi connectivity index (χ3v) is 1.48. The van der Waals surface area contributed by atoms with Crippen LogP contribution in [0.1, 0.15) is 33.1 Å². The summed E-state index contributed by atoms with van der Waals surface area (Å²) in [5.74, 6) is 2.13. The molecule has 0 aromatic rings. The molecule has 1 heteroatoms. The van der Waals surface area contributed by atoms with Crippen LogP contribution in [0.4, 0.5) is 0 Å². The Morgan fingerprint density at radius 1 is 1.56 bits per heavy atom. The third-order valence-electron chi connectivity index (χ3n) is 1.48. The van der Waals surface area contributed by atoms with E-state index in [-0.39, 0.29) is 0 Å². The first-order chi connectivity index (χ1) is 4.18. The molecule has 0 rings (SSSR count). The smallest absolute Gasteiger partial charge is 0.126 e. The highest BCUT2D eigenvalue weighted by atomic mass is 16.3. The fraction of sp³-hybridized carbons (Fsp3) is 0.750. The molecule has 9 heavy (non-hydrogen) atoms. The van der Waals surface area contributed by atoms with Crippen molar-refractivity contribution in [2.75, 3.05) is 0 Å². The maximum Gasteiger partial charge on any atom is 0.126 e. The van der Waals surface area contributed by atoms with Crippen LogP contribution in [0.5, 0.6) is 0 Å². The molecule has 0 aromatic heterocycles. The minimum Gasteiger partial charge on any atom is -0.378 e. The van der Waals surface area contributed by atoms with Crippen LogP contribution in [0.15, 0.2) is 0 Å². The molecule has 51 valence electrons. The average Bonchev–Trinajstić information content (AvgIpc) is 1.89. The number of rotatable bonds is 3. The maximum absolute atomic E-state index is 9.33. The van der Waals surface area contributed by atoms with Gasteiger partial charge in [0.2, 0.25) is 0 Å². The topological polar surface area (TPSA) is 20.2 Å². The zero-order valence-electron chi connectivity index (χ0n) is 6.07. The van der Waals surface area contributed by atoms with Crippen LogP contribution in [-0.2, 0) is 0 Å². The van der Waals surface area contributed by atoms with Gasteiger partial charge in [-0.15, -0.1) is 0 Å². The highest BCUT2D eigenvalue weighted by Gasteiger charge is 2.18. The first kappa shape index (κ1) is 8.52. The molecule has 0 spiro atoms. The van der Waals surface area contributed by atoms with Gasteiger partial charge in [0.1, 0.15) is 5.60 Å². The van der Waals surface area contributed by atoms with Crippen molar-refractivity contribution in [2.45, 2.75) is 38.7 Å². The van der Waals surface area contributed by atoms with Crippen LogP contribution in [0, 0.1) is 12.3 Å². The molecule has 0 bridgehead atoms. The molecular formula is C8H13O. The van der Waals surface area contributed by atoms with E-state index in [1.54, 1.807) is 0 Å². The lowest BCUT2D eigenvalue weighted by Gasteiger charge is -2.17. The number of hydrogen-bond acceptors (Lipinski definition) is 1. The van der Waals surface area contributed by atoms with E-state index in [0.717, 1.165) is 6.42 Å². The minimum atomic E-state index is -0.950. The van der Waals surface area contributed by atoms with Crippen LogP contribution < -0.4 is 0 Å². The molecule has 0 saturated carbocycles. The highest BCUT2D eigenvalue weighted by Crippen LogP contribution is 2.14. The van der Waals surface area contributed by atoms with Crippen molar-refractivity contribution in [1.82, 2.24) is 0 Å². The molecule has 0 amide bonds. The molecule has 1 N–H and O–H groups in total. The van der Waals surface area contributed by atoms with Gasteiger partial charge in [0.25, 0.3) is 0 Å². The first-order valence-electron chi connectivity index (χ1n) is 3.34. The summed E-state index contributed by atoms with van der Waals surface area (Å²) in [6, 6.07) is 0. The monoisotopic (exact) mass is 125 g/mol. The Bertz CT molecular complexity index is 112. The van der Waals surface area contributed by atoms with E-state index in [0.29, 0.717) is 12.8 Å². The van der Waals surface area contributed by atoms with Gasteiger partial charge in [-0.2, -0.15) is 0 Å². The van der Waals surface area contributed by atoms with Crippen molar-refractivity contribution in [2.24, 2.45) is 0 Å². The Labute approximate surface area is 57.1 Å². The van der Waals surface area contributed by atoms with Crippen LogP contribution in [0.2, 0.25) is 0 Å². The van der Waals surface area contributed by atoms with Crippen LogP contribution in [-0.4, -0.2) is 10.7 Å². The molecule has 0 heterocycles. The molecule has 1 nitrogen and oxygen atoms in total. The van der Waals surface area contributed by atoms with Crippen molar-refractivity contribution in [3.8, 4) is 5.92 Å². The normalized spacial score (nSPS) is 16.2. The van der Waals surface area contributed by atoms with Crippen molar-refractivity contribution in [1.29, 1.82) is 0 Å². The maximum atomic E-state index is 9.33. The SMILES string of the molecule is [C]#CC(O)(CC)CCC.